The van der Waals surface area contributed by atoms with E-state index in [1.807, 2.05) is 11.5 Å². The first-order valence-electron chi connectivity index (χ1n) is 5.90. The molecule has 0 fully saturated rings. The van der Waals surface area contributed by atoms with Crippen LogP contribution < -0.4 is 5.73 Å². The Morgan fingerprint density at radius 3 is 2.44 bits per heavy atom. The number of imidazole rings is 1. The van der Waals surface area contributed by atoms with Crippen LogP contribution >= 0.6 is 0 Å². The van der Waals surface area contributed by atoms with Crippen LogP contribution in [0.5, 0.6) is 0 Å². The summed E-state index contributed by atoms with van der Waals surface area (Å²) in [5.74, 6) is 0.363. The minimum atomic E-state index is -0.245. The lowest BCUT2D eigenvalue weighted by atomic mass is 10.0. The van der Waals surface area contributed by atoms with Crippen LogP contribution in [-0.4, -0.2) is 9.55 Å². The highest BCUT2D eigenvalue weighted by Crippen LogP contribution is 2.30. The molecule has 1 aromatic heterocycles. The zero-order valence-electron chi connectivity index (χ0n) is 11.2. The number of rotatable bonds is 1. The molecule has 0 radical (unpaired) electrons. The van der Waals surface area contributed by atoms with E-state index in [4.69, 9.17) is 5.73 Å². The van der Waals surface area contributed by atoms with Crippen LogP contribution in [0.25, 0.3) is 11.3 Å². The van der Waals surface area contributed by atoms with Gasteiger partial charge in [-0.05, 0) is 51.5 Å². The van der Waals surface area contributed by atoms with Crippen molar-refractivity contribution in [2.24, 2.45) is 0 Å². The number of hydrogen-bond donors (Lipinski definition) is 1. The van der Waals surface area contributed by atoms with Gasteiger partial charge in [-0.3, -0.25) is 0 Å². The molecule has 0 spiro atoms. The summed E-state index contributed by atoms with van der Waals surface area (Å²) in [6.45, 7) is 8.04. The number of nitrogens with two attached hydrogens (primary N) is 1. The quantitative estimate of drug-likeness (QED) is 0.840. The highest BCUT2D eigenvalue weighted by atomic mass is 19.1. The monoisotopic (exact) mass is 247 g/mol. The van der Waals surface area contributed by atoms with E-state index in [0.29, 0.717) is 11.5 Å². The second-order valence-electron chi connectivity index (χ2n) is 5.48. The van der Waals surface area contributed by atoms with Gasteiger partial charge in [-0.25, -0.2) is 9.37 Å². The SMILES string of the molecule is Cc1cc(F)ccc1-c1ncn(C(C)(C)C)c1N. The molecule has 0 amide bonds. The van der Waals surface area contributed by atoms with Gasteiger partial charge in [0.25, 0.3) is 0 Å². The molecule has 0 aliphatic carbocycles. The topological polar surface area (TPSA) is 43.8 Å². The van der Waals surface area contributed by atoms with Gasteiger partial charge < -0.3 is 10.3 Å². The number of aryl methyl sites for hydroxylation is 1. The maximum atomic E-state index is 13.1. The van der Waals surface area contributed by atoms with Crippen LogP contribution in [0.15, 0.2) is 24.5 Å². The van der Waals surface area contributed by atoms with Crippen LogP contribution in [0.3, 0.4) is 0 Å². The van der Waals surface area contributed by atoms with Crippen LogP contribution in [-0.2, 0) is 5.54 Å². The van der Waals surface area contributed by atoms with Crippen LogP contribution in [0.1, 0.15) is 26.3 Å². The van der Waals surface area contributed by atoms with E-state index in [2.05, 4.69) is 25.8 Å². The Bertz CT molecular complexity index is 579. The van der Waals surface area contributed by atoms with Gasteiger partial charge in [0.15, 0.2) is 0 Å². The predicted molar refractivity (Wildman–Crippen MR) is 71.8 cm³/mol. The first-order valence-corrected chi connectivity index (χ1v) is 5.90. The standard InChI is InChI=1S/C14H18FN3/c1-9-7-10(15)5-6-11(9)12-13(16)18(8-17-12)14(2,3)4/h5-8H,16H2,1-4H3. The summed E-state index contributed by atoms with van der Waals surface area (Å²) in [7, 11) is 0. The van der Waals surface area contributed by atoms with Gasteiger partial charge in [-0.1, -0.05) is 0 Å². The molecule has 2 N–H and O–H groups in total. The number of benzene rings is 1. The summed E-state index contributed by atoms with van der Waals surface area (Å²) in [4.78, 5) is 4.36. The van der Waals surface area contributed by atoms with Crippen molar-refractivity contribution in [1.29, 1.82) is 0 Å². The van der Waals surface area contributed by atoms with Gasteiger partial charge in [0.05, 0.1) is 6.33 Å². The Hall–Kier alpha value is -1.84. The van der Waals surface area contributed by atoms with Crippen molar-refractivity contribution in [3.63, 3.8) is 0 Å². The maximum absolute atomic E-state index is 13.1. The van der Waals surface area contributed by atoms with Crippen molar-refractivity contribution >= 4 is 5.82 Å². The van der Waals surface area contributed by atoms with E-state index in [1.165, 1.54) is 12.1 Å². The Labute approximate surface area is 106 Å². The highest BCUT2D eigenvalue weighted by Gasteiger charge is 2.20. The fourth-order valence-corrected chi connectivity index (χ4v) is 1.99. The highest BCUT2D eigenvalue weighted by molar-refractivity contribution is 5.73. The molecule has 1 heterocycles. The maximum Gasteiger partial charge on any atom is 0.132 e. The molecule has 0 saturated heterocycles. The van der Waals surface area contributed by atoms with Crippen LogP contribution in [0.4, 0.5) is 10.2 Å². The Kier molecular flexibility index (Phi) is 2.89. The Balaban J connectivity index is 2.56. The van der Waals surface area contributed by atoms with Gasteiger partial charge in [0.1, 0.15) is 17.3 Å². The van der Waals surface area contributed by atoms with Crippen molar-refractivity contribution in [2.45, 2.75) is 33.2 Å². The third-order valence-electron chi connectivity index (χ3n) is 2.97. The fraction of sp³-hybridized carbons (Fsp3) is 0.357. The van der Waals surface area contributed by atoms with E-state index in [9.17, 15) is 4.39 Å². The molecule has 2 rings (SSSR count). The number of nitrogen functional groups attached to an aromatic ring is 1. The lowest BCUT2D eigenvalue weighted by Gasteiger charge is -2.22. The van der Waals surface area contributed by atoms with E-state index < -0.39 is 0 Å². The summed E-state index contributed by atoms with van der Waals surface area (Å²) in [6.07, 6.45) is 1.73. The smallest absolute Gasteiger partial charge is 0.132 e. The fourth-order valence-electron chi connectivity index (χ4n) is 1.99. The average Bonchev–Trinajstić information content (AvgIpc) is 2.60. The molecule has 0 bridgehead atoms. The van der Waals surface area contributed by atoms with Crippen LogP contribution in [0, 0.1) is 12.7 Å². The lowest BCUT2D eigenvalue weighted by molar-refractivity contribution is 0.402. The zero-order chi connectivity index (χ0) is 13.5. The number of nitrogens with zero attached hydrogens (tertiary/aromatic N) is 2. The summed E-state index contributed by atoms with van der Waals surface area (Å²) < 4.78 is 15.0. The molecule has 0 aliphatic heterocycles. The number of aromatic nitrogens is 2. The van der Waals surface area contributed by atoms with E-state index in [-0.39, 0.29) is 11.4 Å². The van der Waals surface area contributed by atoms with Crippen molar-refractivity contribution in [3.8, 4) is 11.3 Å². The molecule has 0 unspecified atom stereocenters. The minimum Gasteiger partial charge on any atom is -0.383 e. The summed E-state index contributed by atoms with van der Waals surface area (Å²) in [5.41, 5.74) is 8.43. The van der Waals surface area contributed by atoms with Crippen LogP contribution in [0.2, 0.25) is 0 Å². The summed E-state index contributed by atoms with van der Waals surface area (Å²) in [6, 6.07) is 4.64. The first-order chi connectivity index (χ1) is 8.30. The molecule has 0 saturated carbocycles. The molecule has 96 valence electrons. The number of anilines is 1. The predicted octanol–water partition coefficient (Wildman–Crippen LogP) is 3.33. The molecule has 1 aromatic carbocycles. The van der Waals surface area contributed by atoms with Gasteiger partial charge in [0.2, 0.25) is 0 Å². The van der Waals surface area contributed by atoms with Gasteiger partial charge in [-0.15, -0.1) is 0 Å². The summed E-state index contributed by atoms with van der Waals surface area (Å²) >= 11 is 0. The Morgan fingerprint density at radius 2 is 1.94 bits per heavy atom. The van der Waals surface area contributed by atoms with Crippen molar-refractivity contribution < 1.29 is 4.39 Å². The second kappa shape index (κ2) is 4.12. The molecule has 0 aliphatic rings. The van der Waals surface area contributed by atoms with Gasteiger partial charge >= 0.3 is 0 Å². The zero-order valence-corrected chi connectivity index (χ0v) is 11.2. The molecular formula is C14H18FN3. The van der Waals surface area contributed by atoms with E-state index in [0.717, 1.165) is 11.1 Å². The van der Waals surface area contributed by atoms with Crippen molar-refractivity contribution in [1.82, 2.24) is 9.55 Å². The molecule has 3 nitrogen and oxygen atoms in total. The second-order valence-corrected chi connectivity index (χ2v) is 5.48. The molecule has 18 heavy (non-hydrogen) atoms. The first kappa shape index (κ1) is 12.6. The molecule has 4 heteroatoms. The van der Waals surface area contributed by atoms with Crippen molar-refractivity contribution in [3.05, 3.63) is 35.9 Å². The average molecular weight is 247 g/mol. The van der Waals surface area contributed by atoms with E-state index in [1.54, 1.807) is 12.4 Å². The largest absolute Gasteiger partial charge is 0.383 e. The third-order valence-corrected chi connectivity index (χ3v) is 2.97. The normalized spacial score (nSPS) is 11.8. The van der Waals surface area contributed by atoms with E-state index >= 15 is 0 Å². The summed E-state index contributed by atoms with van der Waals surface area (Å²) in [5, 5.41) is 0. The minimum absolute atomic E-state index is 0.122. The Morgan fingerprint density at radius 1 is 1.28 bits per heavy atom. The van der Waals surface area contributed by atoms with Gasteiger partial charge in [0, 0.05) is 11.1 Å². The van der Waals surface area contributed by atoms with Crippen molar-refractivity contribution in [2.75, 3.05) is 5.73 Å². The number of hydrogen-bond acceptors (Lipinski definition) is 2. The molecule has 0 atom stereocenters. The van der Waals surface area contributed by atoms with Gasteiger partial charge in [-0.2, -0.15) is 0 Å². The third kappa shape index (κ3) is 2.10. The molecule has 2 aromatic rings. The number of halogens is 1. The molecular weight excluding hydrogens is 229 g/mol. The lowest BCUT2D eigenvalue weighted by Crippen LogP contribution is -2.22.